The van der Waals surface area contributed by atoms with E-state index in [0.717, 1.165) is 5.56 Å². The highest BCUT2D eigenvalue weighted by molar-refractivity contribution is 9.10. The number of halogens is 1. The van der Waals surface area contributed by atoms with Gasteiger partial charge in [-0.3, -0.25) is 9.69 Å². The monoisotopic (exact) mass is 544 g/mol. The molecule has 0 radical (unpaired) electrons. The van der Waals surface area contributed by atoms with Gasteiger partial charge in [0, 0.05) is 15.9 Å². The lowest BCUT2D eigenvalue weighted by atomic mass is 10.0. The van der Waals surface area contributed by atoms with Crippen LogP contribution in [0.1, 0.15) is 35.8 Å². The SMILES string of the molecule is Nc1nc(CC(=O)Nc2ccc(C[C@H]3CC[C@H](C(O)c4ccccc4)N3C(=O)O)cc2Br)cs1. The van der Waals surface area contributed by atoms with Crippen molar-refractivity contribution in [1.82, 2.24) is 9.88 Å². The second kappa shape index (κ2) is 10.5. The van der Waals surface area contributed by atoms with Gasteiger partial charge < -0.3 is 21.3 Å². The molecule has 2 aromatic carbocycles. The van der Waals surface area contributed by atoms with Gasteiger partial charge in [-0.05, 0) is 58.5 Å². The Labute approximate surface area is 209 Å². The summed E-state index contributed by atoms with van der Waals surface area (Å²) >= 11 is 4.80. The summed E-state index contributed by atoms with van der Waals surface area (Å²) in [5.74, 6) is -0.204. The number of nitrogens with zero attached hydrogens (tertiary/aromatic N) is 2. The fourth-order valence-corrected chi connectivity index (χ4v) is 5.50. The zero-order chi connectivity index (χ0) is 24.2. The molecule has 2 heterocycles. The summed E-state index contributed by atoms with van der Waals surface area (Å²) in [6, 6.07) is 14.0. The Balaban J connectivity index is 1.42. The Morgan fingerprint density at radius 3 is 2.65 bits per heavy atom. The number of nitrogens with two attached hydrogens (primary N) is 1. The molecule has 1 aromatic heterocycles. The first-order valence-electron chi connectivity index (χ1n) is 10.8. The van der Waals surface area contributed by atoms with E-state index in [1.165, 1.54) is 16.2 Å². The highest BCUT2D eigenvalue weighted by atomic mass is 79.9. The second-order valence-corrected chi connectivity index (χ2v) is 10.0. The number of hydrogen-bond donors (Lipinski definition) is 4. The van der Waals surface area contributed by atoms with E-state index in [2.05, 4.69) is 26.2 Å². The summed E-state index contributed by atoms with van der Waals surface area (Å²) in [5, 5.41) is 25.8. The standard InChI is InChI=1S/C24H25BrN4O4S/c25-18-11-14(6-8-19(18)28-21(30)12-16-13-34-23(26)27-16)10-17-7-9-20(29(17)24(32)33)22(31)15-4-2-1-3-5-15/h1-6,8,11,13,17,20,22,31H,7,9-10,12H2,(H2,26,27)(H,28,30)(H,32,33)/t17-,20-,22?/m1/s1. The van der Waals surface area contributed by atoms with Crippen molar-refractivity contribution in [3.8, 4) is 0 Å². The second-order valence-electron chi connectivity index (χ2n) is 8.26. The fourth-order valence-electron chi connectivity index (χ4n) is 4.41. The number of aliphatic hydroxyl groups excluding tert-OH is 1. The number of carbonyl (C=O) groups is 2. The van der Waals surface area contributed by atoms with Crippen molar-refractivity contribution >= 4 is 50.1 Å². The van der Waals surface area contributed by atoms with Crippen LogP contribution in [-0.2, 0) is 17.6 Å². The maximum atomic E-state index is 12.3. The van der Waals surface area contributed by atoms with Crippen molar-refractivity contribution in [2.24, 2.45) is 0 Å². The molecule has 34 heavy (non-hydrogen) atoms. The van der Waals surface area contributed by atoms with Crippen LogP contribution < -0.4 is 11.1 Å². The Morgan fingerprint density at radius 2 is 2.00 bits per heavy atom. The molecule has 1 unspecified atom stereocenters. The minimum atomic E-state index is -1.03. The number of nitrogens with one attached hydrogen (secondary N) is 1. The predicted octanol–water partition coefficient (Wildman–Crippen LogP) is 4.46. The fraction of sp³-hybridized carbons (Fsp3) is 0.292. The van der Waals surface area contributed by atoms with Gasteiger partial charge in [-0.2, -0.15) is 0 Å². The smallest absolute Gasteiger partial charge is 0.407 e. The molecule has 0 aliphatic carbocycles. The number of anilines is 2. The van der Waals surface area contributed by atoms with Crippen LogP contribution in [0.3, 0.4) is 0 Å². The highest BCUT2D eigenvalue weighted by Gasteiger charge is 2.41. The van der Waals surface area contributed by atoms with Crippen molar-refractivity contribution in [3.05, 3.63) is 75.2 Å². The van der Waals surface area contributed by atoms with Gasteiger partial charge in [0.2, 0.25) is 5.91 Å². The average molecular weight is 545 g/mol. The number of hydrogen-bond acceptors (Lipinski definition) is 6. The Bertz CT molecular complexity index is 1170. The van der Waals surface area contributed by atoms with Gasteiger partial charge in [0.1, 0.15) is 0 Å². The van der Waals surface area contributed by atoms with E-state index in [1.807, 2.05) is 42.5 Å². The first-order chi connectivity index (χ1) is 16.3. The number of rotatable bonds is 7. The largest absolute Gasteiger partial charge is 0.465 e. The van der Waals surface area contributed by atoms with E-state index < -0.39 is 18.2 Å². The molecule has 10 heteroatoms. The molecule has 1 aliphatic heterocycles. The Morgan fingerprint density at radius 1 is 1.24 bits per heavy atom. The Hall–Kier alpha value is -2.95. The van der Waals surface area contributed by atoms with Crippen molar-refractivity contribution < 1.29 is 19.8 Å². The minimum Gasteiger partial charge on any atom is -0.465 e. The van der Waals surface area contributed by atoms with Gasteiger partial charge in [0.15, 0.2) is 5.13 Å². The van der Waals surface area contributed by atoms with Crippen LogP contribution >= 0.6 is 27.3 Å². The van der Waals surface area contributed by atoms with Crippen LogP contribution in [0.2, 0.25) is 0 Å². The van der Waals surface area contributed by atoms with Crippen LogP contribution in [0.4, 0.5) is 15.6 Å². The van der Waals surface area contributed by atoms with Crippen molar-refractivity contribution in [2.45, 2.75) is 43.9 Å². The number of thiazole rings is 1. The molecule has 1 fully saturated rings. The normalized spacial score (nSPS) is 18.6. The summed E-state index contributed by atoms with van der Waals surface area (Å²) < 4.78 is 0.705. The number of aliphatic hydroxyl groups is 1. The summed E-state index contributed by atoms with van der Waals surface area (Å²) in [4.78, 5) is 29.9. The van der Waals surface area contributed by atoms with E-state index in [9.17, 15) is 19.8 Å². The number of nitrogen functional groups attached to an aromatic ring is 1. The number of amides is 2. The van der Waals surface area contributed by atoms with E-state index in [-0.39, 0.29) is 18.4 Å². The van der Waals surface area contributed by atoms with E-state index in [0.29, 0.717) is 45.8 Å². The molecule has 3 atom stereocenters. The van der Waals surface area contributed by atoms with Crippen molar-refractivity contribution in [2.75, 3.05) is 11.1 Å². The van der Waals surface area contributed by atoms with E-state index >= 15 is 0 Å². The number of carbonyl (C=O) groups excluding carboxylic acids is 1. The number of likely N-dealkylation sites (tertiary alicyclic amines) is 1. The first kappa shape index (κ1) is 24.2. The van der Waals surface area contributed by atoms with Crippen LogP contribution in [0.15, 0.2) is 58.4 Å². The molecule has 1 aliphatic rings. The predicted molar refractivity (Wildman–Crippen MR) is 135 cm³/mol. The van der Waals surface area contributed by atoms with Gasteiger partial charge in [-0.25, -0.2) is 9.78 Å². The van der Waals surface area contributed by atoms with E-state index in [4.69, 9.17) is 5.73 Å². The molecule has 2 amide bonds. The molecule has 8 nitrogen and oxygen atoms in total. The maximum Gasteiger partial charge on any atom is 0.407 e. The Kier molecular flexibility index (Phi) is 7.50. The molecule has 0 saturated carbocycles. The van der Waals surface area contributed by atoms with Gasteiger partial charge in [0.05, 0.1) is 29.9 Å². The van der Waals surface area contributed by atoms with Crippen LogP contribution in [-0.4, -0.2) is 44.2 Å². The molecule has 4 rings (SSSR count). The van der Waals surface area contributed by atoms with Crippen molar-refractivity contribution in [3.63, 3.8) is 0 Å². The summed E-state index contributed by atoms with van der Waals surface area (Å²) in [6.07, 6.45) is -0.0254. The van der Waals surface area contributed by atoms with Crippen molar-refractivity contribution in [1.29, 1.82) is 0 Å². The van der Waals surface area contributed by atoms with Gasteiger partial charge in [0.25, 0.3) is 0 Å². The third-order valence-corrected chi connectivity index (χ3v) is 7.34. The number of aromatic nitrogens is 1. The quantitative estimate of drug-likeness (QED) is 0.347. The molecule has 0 bridgehead atoms. The molecule has 5 N–H and O–H groups in total. The molecule has 1 saturated heterocycles. The zero-order valence-electron chi connectivity index (χ0n) is 18.2. The number of benzene rings is 2. The molecule has 0 spiro atoms. The zero-order valence-corrected chi connectivity index (χ0v) is 20.6. The molecule has 3 aromatic rings. The van der Waals surface area contributed by atoms with Crippen LogP contribution in [0, 0.1) is 0 Å². The lowest BCUT2D eigenvalue weighted by Crippen LogP contribution is -2.44. The lowest BCUT2D eigenvalue weighted by Gasteiger charge is -2.31. The third kappa shape index (κ3) is 5.57. The molecular formula is C24H25BrN4O4S. The third-order valence-electron chi connectivity index (χ3n) is 5.96. The van der Waals surface area contributed by atoms with Gasteiger partial charge in [-0.15, -0.1) is 11.3 Å². The highest BCUT2D eigenvalue weighted by Crippen LogP contribution is 2.35. The maximum absolute atomic E-state index is 12.3. The summed E-state index contributed by atoms with van der Waals surface area (Å²) in [6.45, 7) is 0. The first-order valence-corrected chi connectivity index (χ1v) is 12.5. The topological polar surface area (TPSA) is 129 Å². The average Bonchev–Trinajstić information content (AvgIpc) is 3.41. The van der Waals surface area contributed by atoms with Gasteiger partial charge in [-0.1, -0.05) is 36.4 Å². The lowest BCUT2D eigenvalue weighted by molar-refractivity contribution is -0.115. The van der Waals surface area contributed by atoms with E-state index in [1.54, 1.807) is 11.4 Å². The van der Waals surface area contributed by atoms with Gasteiger partial charge >= 0.3 is 6.09 Å². The molecular weight excluding hydrogens is 520 g/mol. The summed E-state index contributed by atoms with van der Waals surface area (Å²) in [5.41, 5.74) is 8.50. The van der Waals surface area contributed by atoms with Crippen LogP contribution in [0.5, 0.6) is 0 Å². The number of carboxylic acid groups (broad SMARTS) is 1. The van der Waals surface area contributed by atoms with Crippen LogP contribution in [0.25, 0.3) is 0 Å². The minimum absolute atomic E-state index is 0.128. The summed E-state index contributed by atoms with van der Waals surface area (Å²) in [7, 11) is 0. The molecule has 178 valence electrons.